The Hall–Kier alpha value is -2.09. The highest BCUT2D eigenvalue weighted by Gasteiger charge is 2.10. The number of H-pyrrole nitrogens is 1. The number of thioether (sulfide) groups is 1. The summed E-state index contributed by atoms with van der Waals surface area (Å²) in [6.07, 6.45) is 3.35. The van der Waals surface area contributed by atoms with E-state index < -0.39 is 0 Å². The summed E-state index contributed by atoms with van der Waals surface area (Å²) in [4.78, 5) is 20.3. The topological polar surface area (TPSA) is 83.6 Å². The Kier molecular flexibility index (Phi) is 5.34. The average molecular weight is 380 g/mol. The summed E-state index contributed by atoms with van der Waals surface area (Å²) < 4.78 is 0. The standard InChI is InChI=1S/C15H11Cl2N5OS/c16-10-5-11(17)7-12(6-10)19-13(23)8-24-15-20-14(21-22-15)9-1-3-18-4-2-9/h1-7H,8H2,(H,19,23)(H,20,21,22). The minimum atomic E-state index is -0.200. The molecule has 0 atom stereocenters. The molecule has 0 unspecified atom stereocenters. The van der Waals surface area contributed by atoms with E-state index in [-0.39, 0.29) is 11.7 Å². The third-order valence-corrected chi connectivity index (χ3v) is 4.18. The summed E-state index contributed by atoms with van der Waals surface area (Å²) in [6, 6.07) is 8.51. The van der Waals surface area contributed by atoms with Crippen molar-refractivity contribution in [3.8, 4) is 11.4 Å². The molecule has 2 heterocycles. The first kappa shape index (κ1) is 16.8. The van der Waals surface area contributed by atoms with Gasteiger partial charge in [0.1, 0.15) is 0 Å². The van der Waals surface area contributed by atoms with Crippen molar-refractivity contribution in [2.45, 2.75) is 5.16 Å². The van der Waals surface area contributed by atoms with Gasteiger partial charge in [0.05, 0.1) is 5.75 Å². The van der Waals surface area contributed by atoms with Crippen LogP contribution in [0.2, 0.25) is 10.0 Å². The second-order valence-electron chi connectivity index (χ2n) is 4.70. The molecule has 0 bridgehead atoms. The van der Waals surface area contributed by atoms with Gasteiger partial charge in [0.15, 0.2) is 5.82 Å². The fraction of sp³-hybridized carbons (Fsp3) is 0.0667. The van der Waals surface area contributed by atoms with Crippen molar-refractivity contribution in [2.24, 2.45) is 0 Å². The van der Waals surface area contributed by atoms with Gasteiger partial charge in [-0.25, -0.2) is 4.98 Å². The number of amides is 1. The van der Waals surface area contributed by atoms with Crippen molar-refractivity contribution in [3.05, 3.63) is 52.8 Å². The van der Waals surface area contributed by atoms with Crippen LogP contribution in [-0.2, 0) is 4.79 Å². The fourth-order valence-corrected chi connectivity index (χ4v) is 3.03. The van der Waals surface area contributed by atoms with Gasteiger partial charge in [-0.15, -0.1) is 5.10 Å². The molecule has 0 spiro atoms. The molecule has 0 aliphatic heterocycles. The van der Waals surface area contributed by atoms with Crippen LogP contribution in [0.5, 0.6) is 0 Å². The van der Waals surface area contributed by atoms with Crippen molar-refractivity contribution in [1.29, 1.82) is 0 Å². The van der Waals surface area contributed by atoms with Crippen molar-refractivity contribution in [2.75, 3.05) is 11.1 Å². The second-order valence-corrected chi connectivity index (χ2v) is 6.51. The van der Waals surface area contributed by atoms with Crippen LogP contribution < -0.4 is 5.32 Å². The maximum atomic E-state index is 12.0. The third-order valence-electron chi connectivity index (χ3n) is 2.90. The van der Waals surface area contributed by atoms with Gasteiger partial charge >= 0.3 is 0 Å². The highest BCUT2D eigenvalue weighted by Crippen LogP contribution is 2.23. The van der Waals surface area contributed by atoms with Crippen LogP contribution in [0.3, 0.4) is 0 Å². The molecule has 24 heavy (non-hydrogen) atoms. The Morgan fingerprint density at radius 2 is 1.88 bits per heavy atom. The molecule has 0 saturated carbocycles. The van der Waals surface area contributed by atoms with Crippen molar-refractivity contribution >= 4 is 46.6 Å². The van der Waals surface area contributed by atoms with Gasteiger partial charge in [-0.05, 0) is 30.3 Å². The zero-order valence-corrected chi connectivity index (χ0v) is 14.5. The number of halogens is 2. The minimum absolute atomic E-state index is 0.164. The van der Waals surface area contributed by atoms with E-state index in [2.05, 4.69) is 25.5 Å². The number of benzene rings is 1. The van der Waals surface area contributed by atoms with Crippen molar-refractivity contribution in [1.82, 2.24) is 20.2 Å². The number of hydrogen-bond donors (Lipinski definition) is 2. The Bertz CT molecular complexity index is 836. The molecule has 0 aliphatic carbocycles. The van der Waals surface area contributed by atoms with Crippen LogP contribution in [-0.4, -0.2) is 31.8 Å². The number of carbonyl (C=O) groups is 1. The maximum Gasteiger partial charge on any atom is 0.234 e. The molecule has 9 heteroatoms. The molecular weight excluding hydrogens is 369 g/mol. The van der Waals surface area contributed by atoms with E-state index in [1.165, 1.54) is 11.8 Å². The van der Waals surface area contributed by atoms with Crippen LogP contribution in [0.4, 0.5) is 5.69 Å². The number of rotatable bonds is 5. The highest BCUT2D eigenvalue weighted by molar-refractivity contribution is 7.99. The number of nitrogens with zero attached hydrogens (tertiary/aromatic N) is 3. The zero-order valence-electron chi connectivity index (χ0n) is 12.2. The molecule has 0 radical (unpaired) electrons. The van der Waals surface area contributed by atoms with Gasteiger partial charge in [-0.1, -0.05) is 35.0 Å². The monoisotopic (exact) mass is 379 g/mol. The molecule has 0 fully saturated rings. The van der Waals surface area contributed by atoms with Gasteiger partial charge in [0.2, 0.25) is 11.1 Å². The molecule has 122 valence electrons. The first-order valence-corrected chi connectivity index (χ1v) is 8.56. The van der Waals surface area contributed by atoms with Crippen LogP contribution in [0.25, 0.3) is 11.4 Å². The zero-order chi connectivity index (χ0) is 16.9. The van der Waals surface area contributed by atoms with Gasteiger partial charge in [0.25, 0.3) is 0 Å². The van der Waals surface area contributed by atoms with Gasteiger partial charge in [-0.3, -0.25) is 14.9 Å². The van der Waals surface area contributed by atoms with Gasteiger partial charge < -0.3 is 5.32 Å². The molecule has 1 amide bonds. The van der Waals surface area contributed by atoms with Gasteiger partial charge in [0, 0.05) is 33.7 Å². The first-order valence-electron chi connectivity index (χ1n) is 6.82. The molecule has 2 aromatic heterocycles. The maximum absolute atomic E-state index is 12.0. The summed E-state index contributed by atoms with van der Waals surface area (Å²) in [5.74, 6) is 0.591. The summed E-state index contributed by atoms with van der Waals surface area (Å²) in [6.45, 7) is 0. The Labute approximate surface area is 152 Å². The molecule has 3 rings (SSSR count). The van der Waals surface area contributed by atoms with E-state index in [0.717, 1.165) is 5.56 Å². The summed E-state index contributed by atoms with van der Waals surface area (Å²) in [5.41, 5.74) is 1.42. The van der Waals surface area contributed by atoms with Crippen LogP contribution in [0.1, 0.15) is 0 Å². The second kappa shape index (κ2) is 7.65. The largest absolute Gasteiger partial charge is 0.325 e. The smallest absolute Gasteiger partial charge is 0.234 e. The number of nitrogens with one attached hydrogen (secondary N) is 2. The van der Waals surface area contributed by atoms with E-state index in [1.807, 2.05) is 12.1 Å². The fourth-order valence-electron chi connectivity index (χ4n) is 1.90. The van der Waals surface area contributed by atoms with E-state index in [1.54, 1.807) is 30.6 Å². The number of anilines is 1. The Morgan fingerprint density at radius 1 is 1.17 bits per heavy atom. The van der Waals surface area contributed by atoms with Crippen LogP contribution >= 0.6 is 35.0 Å². The quantitative estimate of drug-likeness (QED) is 0.656. The molecular formula is C15H11Cl2N5OS. The Morgan fingerprint density at radius 3 is 2.58 bits per heavy atom. The SMILES string of the molecule is O=C(CSc1n[nH]c(-c2ccncc2)n1)Nc1cc(Cl)cc(Cl)c1. The summed E-state index contributed by atoms with van der Waals surface area (Å²) in [5, 5.41) is 11.1. The number of hydrogen-bond acceptors (Lipinski definition) is 5. The highest BCUT2D eigenvalue weighted by atomic mass is 35.5. The number of aromatic nitrogens is 4. The number of carbonyl (C=O) groups excluding carboxylic acids is 1. The average Bonchev–Trinajstić information content (AvgIpc) is 3.02. The van der Waals surface area contributed by atoms with E-state index in [0.29, 0.717) is 26.7 Å². The van der Waals surface area contributed by atoms with E-state index in [9.17, 15) is 4.79 Å². The lowest BCUT2D eigenvalue weighted by Crippen LogP contribution is -2.14. The van der Waals surface area contributed by atoms with Crippen molar-refractivity contribution in [3.63, 3.8) is 0 Å². The van der Waals surface area contributed by atoms with E-state index in [4.69, 9.17) is 23.2 Å². The normalized spacial score (nSPS) is 10.6. The summed E-state index contributed by atoms with van der Waals surface area (Å²) in [7, 11) is 0. The Balaban J connectivity index is 1.58. The molecule has 0 aliphatic rings. The number of pyridine rings is 1. The van der Waals surface area contributed by atoms with Crippen molar-refractivity contribution < 1.29 is 4.79 Å². The van der Waals surface area contributed by atoms with Crippen LogP contribution in [0, 0.1) is 0 Å². The first-order chi connectivity index (χ1) is 11.6. The molecule has 2 N–H and O–H groups in total. The van der Waals surface area contributed by atoms with E-state index >= 15 is 0 Å². The molecule has 1 aromatic carbocycles. The predicted octanol–water partition coefficient (Wildman–Crippen LogP) is 3.90. The minimum Gasteiger partial charge on any atom is -0.325 e. The molecule has 0 saturated heterocycles. The molecule has 3 aromatic rings. The lowest BCUT2D eigenvalue weighted by Gasteiger charge is -2.05. The third kappa shape index (κ3) is 4.47. The number of aromatic amines is 1. The van der Waals surface area contributed by atoms with Crippen LogP contribution in [0.15, 0.2) is 47.9 Å². The molecule has 6 nitrogen and oxygen atoms in total. The lowest BCUT2D eigenvalue weighted by molar-refractivity contribution is -0.113. The lowest BCUT2D eigenvalue weighted by atomic mass is 10.3. The predicted molar refractivity (Wildman–Crippen MR) is 95.4 cm³/mol. The summed E-state index contributed by atoms with van der Waals surface area (Å²) >= 11 is 13.0. The van der Waals surface area contributed by atoms with Gasteiger partial charge in [-0.2, -0.15) is 0 Å².